The monoisotopic (exact) mass is 754 g/mol. The van der Waals surface area contributed by atoms with Gasteiger partial charge in [-0.1, -0.05) is 49.5 Å². The molecular weight excluding hydrogens is 711 g/mol. The molecule has 1 spiro atoms. The zero-order chi connectivity index (χ0) is 32.8. The van der Waals surface area contributed by atoms with Crippen LogP contribution < -0.4 is 19.6 Å². The Morgan fingerprint density at radius 3 is 2.46 bits per heavy atom. The number of hydrogen-bond donors (Lipinski definition) is 1. The number of carbonyl (C=O) groups is 2. The van der Waals surface area contributed by atoms with Crippen LogP contribution in [0.5, 0.6) is 11.5 Å². The van der Waals surface area contributed by atoms with Crippen molar-refractivity contribution in [1.29, 1.82) is 0 Å². The number of aliphatic hydroxyl groups is 1. The average Bonchev–Trinajstić information content (AvgIpc) is 3.71. The summed E-state index contributed by atoms with van der Waals surface area (Å²) in [5.41, 5.74) is 1.29. The van der Waals surface area contributed by atoms with Gasteiger partial charge in [0.2, 0.25) is 5.91 Å². The zero-order valence-electron chi connectivity index (χ0n) is 27.2. The minimum Gasteiger partial charge on any atom is -0.497 e. The maximum atomic E-state index is 15.0. The summed E-state index contributed by atoms with van der Waals surface area (Å²) >= 11 is 2.30. The van der Waals surface area contributed by atoms with Gasteiger partial charge in [-0.15, -0.1) is 0 Å². The number of nitrogens with zero attached hydrogens (tertiary/aromatic N) is 2. The molecule has 0 aliphatic carbocycles. The molecular formula is C36H43IN2O6Si. The molecule has 8 nitrogen and oxygen atoms in total. The van der Waals surface area contributed by atoms with Crippen molar-refractivity contribution >= 4 is 53.4 Å². The van der Waals surface area contributed by atoms with Gasteiger partial charge in [-0.3, -0.25) is 9.59 Å². The smallest absolute Gasteiger partial charge is 0.264 e. The number of ether oxygens (including phenoxy) is 3. The second kappa shape index (κ2) is 12.9. The summed E-state index contributed by atoms with van der Waals surface area (Å²) in [6.45, 7) is 7.76. The number of amides is 2. The molecule has 2 saturated heterocycles. The highest BCUT2D eigenvalue weighted by atomic mass is 127. The average molecular weight is 755 g/mol. The van der Waals surface area contributed by atoms with Gasteiger partial charge >= 0.3 is 0 Å². The van der Waals surface area contributed by atoms with Gasteiger partial charge in [-0.25, -0.2) is 0 Å². The third kappa shape index (κ3) is 5.54. The zero-order valence-corrected chi connectivity index (χ0v) is 30.3. The topological polar surface area (TPSA) is 88.5 Å². The molecule has 6 rings (SSSR count). The number of rotatable bonds is 9. The number of carbonyl (C=O) groups excluding carboxylic acids is 2. The maximum Gasteiger partial charge on any atom is 0.264 e. The Kier molecular flexibility index (Phi) is 9.27. The molecule has 244 valence electrons. The fourth-order valence-electron chi connectivity index (χ4n) is 8.24. The first-order chi connectivity index (χ1) is 22.0. The SMILES string of the molecule is COc1ccc([Si](C)(C)[C@@H]2[C@@H](CC(=O)N3CCC[C@H]3CO)O[C@]3(C(=O)N(Cc4cccc(I)c4)c4ccc(OC)cc43)[C@H]2C)cc1. The van der Waals surface area contributed by atoms with E-state index in [0.717, 1.165) is 39.0 Å². The van der Waals surface area contributed by atoms with E-state index in [0.29, 0.717) is 18.8 Å². The van der Waals surface area contributed by atoms with Crippen molar-refractivity contribution in [2.75, 3.05) is 32.3 Å². The van der Waals surface area contributed by atoms with Crippen LogP contribution in [-0.4, -0.2) is 69.4 Å². The van der Waals surface area contributed by atoms with Crippen molar-refractivity contribution in [2.24, 2.45) is 5.92 Å². The van der Waals surface area contributed by atoms with Crippen molar-refractivity contribution in [3.05, 3.63) is 81.4 Å². The second-order valence-electron chi connectivity index (χ2n) is 13.3. The highest BCUT2D eigenvalue weighted by molar-refractivity contribution is 14.1. The van der Waals surface area contributed by atoms with Crippen LogP contribution in [0.1, 0.15) is 37.3 Å². The number of hydrogen-bond acceptors (Lipinski definition) is 6. The predicted octanol–water partition coefficient (Wildman–Crippen LogP) is 5.44. The molecule has 0 bridgehead atoms. The minimum absolute atomic E-state index is 0.0256. The lowest BCUT2D eigenvalue weighted by Crippen LogP contribution is -2.52. The molecule has 0 unspecified atom stereocenters. The quantitative estimate of drug-likeness (QED) is 0.231. The lowest BCUT2D eigenvalue weighted by Gasteiger charge is -2.37. The molecule has 10 heteroatoms. The predicted molar refractivity (Wildman–Crippen MR) is 189 cm³/mol. The van der Waals surface area contributed by atoms with Gasteiger partial charge < -0.3 is 29.1 Å². The van der Waals surface area contributed by atoms with Crippen molar-refractivity contribution in [2.45, 2.75) is 69.1 Å². The maximum absolute atomic E-state index is 15.0. The van der Waals surface area contributed by atoms with E-state index in [9.17, 15) is 14.7 Å². The van der Waals surface area contributed by atoms with Gasteiger partial charge in [-0.2, -0.15) is 0 Å². The Bertz CT molecular complexity index is 1620. The minimum atomic E-state index is -2.41. The number of aliphatic hydroxyl groups excluding tert-OH is 1. The molecule has 0 saturated carbocycles. The van der Waals surface area contributed by atoms with E-state index in [1.807, 2.05) is 58.3 Å². The van der Waals surface area contributed by atoms with Crippen LogP contribution in [-0.2, 0) is 26.5 Å². The van der Waals surface area contributed by atoms with Gasteiger partial charge in [0.25, 0.3) is 5.91 Å². The largest absolute Gasteiger partial charge is 0.497 e. The van der Waals surface area contributed by atoms with Gasteiger partial charge in [0.05, 0.1) is 59.7 Å². The Balaban J connectivity index is 1.46. The van der Waals surface area contributed by atoms with E-state index in [4.69, 9.17) is 14.2 Å². The molecule has 3 aromatic rings. The van der Waals surface area contributed by atoms with Crippen LogP contribution in [0, 0.1) is 9.49 Å². The number of anilines is 1. The summed E-state index contributed by atoms with van der Waals surface area (Å²) in [5.74, 6) is 1.08. The number of likely N-dealkylation sites (tertiary alicyclic amines) is 1. The lowest BCUT2D eigenvalue weighted by atomic mass is 9.82. The van der Waals surface area contributed by atoms with Crippen LogP contribution in [0.25, 0.3) is 0 Å². The van der Waals surface area contributed by atoms with E-state index in [-0.39, 0.29) is 42.3 Å². The fraction of sp³-hybridized carbons (Fsp3) is 0.444. The molecule has 3 aliphatic rings. The lowest BCUT2D eigenvalue weighted by molar-refractivity contribution is -0.150. The number of halogens is 1. The molecule has 2 amide bonds. The molecule has 2 fully saturated rings. The Morgan fingerprint density at radius 2 is 1.78 bits per heavy atom. The van der Waals surface area contributed by atoms with E-state index in [1.54, 1.807) is 14.2 Å². The summed E-state index contributed by atoms with van der Waals surface area (Å²) < 4.78 is 19.4. The first-order valence-corrected chi connectivity index (χ1v) is 20.2. The molecule has 3 heterocycles. The molecule has 1 N–H and O–H groups in total. The van der Waals surface area contributed by atoms with Gasteiger partial charge in [0.15, 0.2) is 5.60 Å². The molecule has 5 atom stereocenters. The molecule has 3 aliphatic heterocycles. The van der Waals surface area contributed by atoms with Crippen molar-refractivity contribution < 1.29 is 28.9 Å². The van der Waals surface area contributed by atoms with Crippen LogP contribution in [0.4, 0.5) is 5.69 Å². The Hall–Kier alpha value is -2.93. The van der Waals surface area contributed by atoms with Gasteiger partial charge in [0.1, 0.15) is 11.5 Å². The number of fused-ring (bicyclic) bond motifs is 2. The normalized spacial score (nSPS) is 25.8. The summed E-state index contributed by atoms with van der Waals surface area (Å²) in [6, 6.07) is 22.0. The fourth-order valence-corrected chi connectivity index (χ4v) is 12.9. The molecule has 46 heavy (non-hydrogen) atoms. The Labute approximate surface area is 286 Å². The number of methoxy groups -OCH3 is 2. The Morgan fingerprint density at radius 1 is 1.07 bits per heavy atom. The van der Waals surface area contributed by atoms with Crippen LogP contribution in [0.2, 0.25) is 18.6 Å². The van der Waals surface area contributed by atoms with E-state index >= 15 is 0 Å². The standard InChI is InChI=1S/C36H43IN2O6Si/c1-23-34(46(4,5)29-14-11-27(43-2)12-15-29)32(20-33(41)38-17-7-10-26(38)22-40)45-36(23)30-19-28(44-3)13-16-31(30)39(35(36)42)21-24-8-6-9-25(37)18-24/h6,8-9,11-16,18-19,23,26,32,34,40H,7,10,17,20-22H2,1-5H3/t23-,26-,32+,34-,36+/m0/s1. The van der Waals surface area contributed by atoms with Crippen molar-refractivity contribution in [3.8, 4) is 11.5 Å². The summed E-state index contributed by atoms with van der Waals surface area (Å²) in [7, 11) is 0.877. The van der Waals surface area contributed by atoms with Gasteiger partial charge in [-0.05, 0) is 89.0 Å². The van der Waals surface area contributed by atoms with Gasteiger partial charge in [0, 0.05) is 21.6 Å². The van der Waals surface area contributed by atoms with Crippen molar-refractivity contribution in [3.63, 3.8) is 0 Å². The van der Waals surface area contributed by atoms with E-state index < -0.39 is 19.8 Å². The van der Waals surface area contributed by atoms with Crippen LogP contribution in [0.3, 0.4) is 0 Å². The highest BCUT2D eigenvalue weighted by Gasteiger charge is 2.66. The molecule has 0 radical (unpaired) electrons. The second-order valence-corrected chi connectivity index (χ2v) is 19.3. The van der Waals surface area contributed by atoms with Crippen molar-refractivity contribution in [1.82, 2.24) is 4.90 Å². The third-order valence-corrected chi connectivity index (χ3v) is 15.6. The summed E-state index contributed by atoms with van der Waals surface area (Å²) in [6.07, 6.45) is 1.33. The first-order valence-electron chi connectivity index (χ1n) is 16.0. The summed E-state index contributed by atoms with van der Waals surface area (Å²) in [5, 5.41) is 11.2. The van der Waals surface area contributed by atoms with Crippen LogP contribution in [0.15, 0.2) is 66.7 Å². The third-order valence-electron chi connectivity index (χ3n) is 10.6. The highest BCUT2D eigenvalue weighted by Crippen LogP contribution is 2.60. The first kappa shape index (κ1) is 33.0. The van der Waals surface area contributed by atoms with Crippen LogP contribution >= 0.6 is 22.6 Å². The molecule has 0 aromatic heterocycles. The van der Waals surface area contributed by atoms with E-state index in [2.05, 4.69) is 60.8 Å². The molecule has 3 aromatic carbocycles. The van der Waals surface area contributed by atoms with E-state index in [1.165, 1.54) is 5.19 Å². The number of benzene rings is 3. The summed E-state index contributed by atoms with van der Waals surface area (Å²) in [4.78, 5) is 32.6.